The van der Waals surface area contributed by atoms with Gasteiger partial charge in [-0.1, -0.05) is 291 Å². The van der Waals surface area contributed by atoms with Crippen molar-refractivity contribution in [3.05, 3.63) is 454 Å². The molecule has 12 aromatic carbocycles. The van der Waals surface area contributed by atoms with Crippen molar-refractivity contribution in [1.29, 1.82) is 0 Å². The molecule has 0 fully saturated rings. The van der Waals surface area contributed by atoms with Crippen molar-refractivity contribution in [2.75, 3.05) is 0 Å². The normalized spacial score (nSPS) is 14.6. The molecule has 20 rings (SSSR count). The van der Waals surface area contributed by atoms with Crippen molar-refractivity contribution >= 4 is 181 Å². The zero-order chi connectivity index (χ0) is 73.1. The van der Waals surface area contributed by atoms with Crippen LogP contribution in [0.15, 0.2) is 431 Å². The Morgan fingerprint density at radius 1 is 0.167 bits per heavy atom. The smallest absolute Gasteiger partial charge is 0.434 e. The summed E-state index contributed by atoms with van der Waals surface area (Å²) in [7, 11) is 0. The van der Waals surface area contributed by atoms with Gasteiger partial charge >= 0.3 is 25.7 Å². The predicted molar refractivity (Wildman–Crippen MR) is 468 cm³/mol. The summed E-state index contributed by atoms with van der Waals surface area (Å²) in [5, 5.41) is 0. The van der Waals surface area contributed by atoms with Crippen LogP contribution in [0.2, 0.25) is 0 Å². The number of rotatable bonds is 12. The molecule has 16 aromatic rings. The highest BCUT2D eigenvalue weighted by atomic mass is 79.9. The average Bonchev–Trinajstić information content (AvgIpc) is 1.56. The lowest BCUT2D eigenvalue weighted by atomic mass is 9.36. The second-order valence-electron chi connectivity index (χ2n) is 27.7. The number of aromatic nitrogens is 4. The third-order valence-corrected chi connectivity index (χ3v) is 24.9. The zero-order valence-electron chi connectivity index (χ0n) is 59.0. The van der Waals surface area contributed by atoms with Crippen molar-refractivity contribution in [2.45, 2.75) is 0 Å². The Balaban J connectivity index is 0.000000105. The van der Waals surface area contributed by atoms with Crippen LogP contribution in [0.3, 0.4) is 0 Å². The maximum Gasteiger partial charge on any atom is 0.434 e. The molecule has 4 aliphatic rings. The van der Waals surface area contributed by atoms with Crippen LogP contribution in [0.4, 0.5) is 22.7 Å². The Labute approximate surface area is 664 Å². The Morgan fingerprint density at radius 3 is 0.472 bits per heavy atom. The van der Waals surface area contributed by atoms with Gasteiger partial charge in [-0.3, -0.25) is 0 Å². The Hall–Kier alpha value is -11.4. The van der Waals surface area contributed by atoms with E-state index in [1.54, 1.807) is 0 Å². The van der Waals surface area contributed by atoms with Crippen molar-refractivity contribution in [1.82, 2.24) is 17.9 Å². The highest BCUT2D eigenvalue weighted by molar-refractivity contribution is 9.11. The zero-order valence-corrected chi connectivity index (χ0v) is 65.3. The Kier molecular flexibility index (Phi) is 19.4. The fraction of sp³-hybridized carbons (Fsp3) is 0. The number of para-hydroxylation sites is 4. The molecular weight excluding hydrogens is 1580 g/mol. The molecule has 0 unspecified atom stereocenters. The molecule has 0 saturated carbocycles. The number of nitrogens with zero attached hydrogens (tertiary/aromatic N) is 8. The van der Waals surface area contributed by atoms with Crippen molar-refractivity contribution < 1.29 is 17.9 Å². The van der Waals surface area contributed by atoms with Gasteiger partial charge in [-0.15, -0.1) is 43.7 Å². The molecule has 0 aliphatic carbocycles. The van der Waals surface area contributed by atoms with Crippen LogP contribution >= 0.6 is 63.7 Å². The van der Waals surface area contributed by atoms with Gasteiger partial charge in [0.15, 0.2) is 22.7 Å². The molecule has 0 N–H and O–H groups in total. The fourth-order valence-corrected chi connectivity index (χ4v) is 19.8. The quantitative estimate of drug-likeness (QED) is 0.109. The number of hydrogen-bond acceptors (Lipinski definition) is 0. The summed E-state index contributed by atoms with van der Waals surface area (Å²) in [6, 6.07) is 137. The summed E-state index contributed by atoms with van der Waals surface area (Å²) in [4.78, 5) is 0. The molecule has 0 atom stereocenters. The molecule has 108 heavy (non-hydrogen) atoms. The molecule has 520 valence electrons. The second-order valence-corrected chi connectivity index (χ2v) is 31.1. The molecule has 8 nitrogen and oxygen atoms in total. The molecule has 0 saturated heterocycles. The van der Waals surface area contributed by atoms with E-state index >= 15 is 0 Å². The van der Waals surface area contributed by atoms with Gasteiger partial charge in [-0.2, -0.15) is 0 Å². The summed E-state index contributed by atoms with van der Waals surface area (Å²) in [6.45, 7) is 0. The largest absolute Gasteiger partial charge is 0.449 e. The minimum atomic E-state index is -1.39. The molecule has 0 bridgehead atoms. The summed E-state index contributed by atoms with van der Waals surface area (Å²) >= 11 is 15.1. The Bertz CT molecular complexity index is 5110. The van der Waals surface area contributed by atoms with Gasteiger partial charge < -0.3 is 35.9 Å². The molecular formula is C92H72B4Br4N8. The summed E-state index contributed by atoms with van der Waals surface area (Å²) < 4.78 is 23.8. The van der Waals surface area contributed by atoms with Gasteiger partial charge in [0, 0.05) is 24.3 Å². The minimum Gasteiger partial charge on any atom is -0.449 e. The van der Waals surface area contributed by atoms with Crippen LogP contribution < -0.4 is 43.7 Å². The van der Waals surface area contributed by atoms with E-state index in [1.807, 2.05) is 0 Å². The van der Waals surface area contributed by atoms with Crippen LogP contribution in [0.5, 0.6) is 0 Å². The number of halogens is 4. The lowest BCUT2D eigenvalue weighted by molar-refractivity contribution is -0.285. The Morgan fingerprint density at radius 2 is 0.315 bits per heavy atom. The van der Waals surface area contributed by atoms with E-state index < -0.39 is 25.7 Å². The fourth-order valence-electron chi connectivity index (χ4n) is 17.8. The van der Waals surface area contributed by atoms with Gasteiger partial charge in [-0.25, -0.2) is 0 Å². The van der Waals surface area contributed by atoms with E-state index in [0.717, 1.165) is 40.6 Å². The van der Waals surface area contributed by atoms with Gasteiger partial charge in [0.2, 0.25) is 0 Å². The standard InChI is InChI=1S/4C23H18BBrN2/c4*25-22-15-7-8-16-23(22)27-18-21-14-9-17-26(21)24(27,19-10-3-1-4-11-19)20-12-5-2-6-13-20/h4*1-18H. The van der Waals surface area contributed by atoms with E-state index in [1.165, 1.54) is 66.5 Å². The van der Waals surface area contributed by atoms with Crippen LogP contribution in [-0.4, -0.2) is 86.4 Å². The summed E-state index contributed by atoms with van der Waals surface area (Å²) in [6.07, 6.45) is 12.3. The van der Waals surface area contributed by atoms with E-state index in [4.69, 9.17) is 0 Å². The molecule has 16 heteroatoms. The number of fused-ring (bicyclic) bond motifs is 4. The van der Waals surface area contributed by atoms with Crippen LogP contribution in [-0.2, 0) is 0 Å². The maximum absolute atomic E-state index is 3.78. The first-order valence-corrected chi connectivity index (χ1v) is 39.7. The number of benzene rings is 12. The summed E-state index contributed by atoms with van der Waals surface area (Å²) in [5.74, 6) is 0. The summed E-state index contributed by atoms with van der Waals surface area (Å²) in [5.41, 5.74) is 19.7. The van der Waals surface area contributed by atoms with Crippen molar-refractivity contribution in [3.8, 4) is 0 Å². The highest BCUT2D eigenvalue weighted by Gasteiger charge is 2.53. The van der Waals surface area contributed by atoms with Gasteiger partial charge in [0.05, 0.1) is 40.7 Å². The van der Waals surface area contributed by atoms with Crippen LogP contribution in [0, 0.1) is 0 Å². The first-order valence-electron chi connectivity index (χ1n) is 36.6. The van der Waals surface area contributed by atoms with Gasteiger partial charge in [-0.05, 0) is 161 Å². The van der Waals surface area contributed by atoms with E-state index in [9.17, 15) is 0 Å². The number of hydrogen-bond donors (Lipinski definition) is 0. The highest BCUT2D eigenvalue weighted by Crippen LogP contribution is 2.37. The topological polar surface area (TPSA) is 31.8 Å². The van der Waals surface area contributed by atoms with Crippen molar-refractivity contribution in [2.24, 2.45) is 0 Å². The van der Waals surface area contributed by atoms with E-state index in [-0.39, 0.29) is 0 Å². The molecule has 0 spiro atoms. The lowest BCUT2D eigenvalue weighted by Gasteiger charge is -2.36. The second kappa shape index (κ2) is 30.1. The van der Waals surface area contributed by atoms with E-state index in [2.05, 4.69) is 537 Å². The minimum absolute atomic E-state index is 1.09. The van der Waals surface area contributed by atoms with Crippen molar-refractivity contribution in [3.63, 3.8) is 0 Å². The average molecular weight is 1650 g/mol. The first-order chi connectivity index (χ1) is 53.3. The van der Waals surface area contributed by atoms with Crippen LogP contribution in [0.1, 0.15) is 22.8 Å². The lowest BCUT2D eigenvalue weighted by Crippen LogP contribution is -2.68. The molecule has 4 aromatic heterocycles. The molecule has 4 aliphatic heterocycles. The monoisotopic (exact) mass is 1650 g/mol. The van der Waals surface area contributed by atoms with Gasteiger partial charge in [0.25, 0.3) is 0 Å². The molecule has 0 radical (unpaired) electrons. The van der Waals surface area contributed by atoms with Gasteiger partial charge in [0.1, 0.15) is 24.9 Å². The van der Waals surface area contributed by atoms with E-state index in [0.29, 0.717) is 0 Å². The van der Waals surface area contributed by atoms with Crippen LogP contribution in [0.25, 0.3) is 0 Å². The molecule has 8 heterocycles. The third kappa shape index (κ3) is 11.8. The third-order valence-electron chi connectivity index (χ3n) is 22.2. The SMILES string of the molecule is Brc1ccccc1[N+]1=Cc2cccn2[B-]1(c1ccccc1)c1ccccc1.Brc1ccccc1[N+]1=Cc2cccn2[B-]1(c1ccccc1)c1ccccc1.Brc1ccccc1[N+]1=Cc2cccn2[B-]1(c1ccccc1)c1ccccc1.Brc1ccccc1[N+]1=Cc2cccn2[B-]1(c1ccccc1)c1ccccc1. The molecule has 0 amide bonds. The maximum atomic E-state index is 3.78. The first kappa shape index (κ1) is 69.7. The predicted octanol–water partition coefficient (Wildman–Crippen LogP) is 16.5.